The minimum absolute atomic E-state index is 0.131. The molecule has 4 N–H and O–H groups in total. The van der Waals surface area contributed by atoms with E-state index >= 15 is 0 Å². The Labute approximate surface area is 123 Å². The molecule has 0 bridgehead atoms. The highest BCUT2D eigenvalue weighted by Gasteiger charge is 2.47. The van der Waals surface area contributed by atoms with Gasteiger partial charge in [0.25, 0.3) is 0 Å². The van der Waals surface area contributed by atoms with Crippen molar-refractivity contribution in [1.29, 1.82) is 0 Å². The molecule has 0 spiro atoms. The molecule has 20 heavy (non-hydrogen) atoms. The van der Waals surface area contributed by atoms with Crippen LogP contribution in [0.4, 0.5) is 0 Å². The molecule has 0 saturated carbocycles. The second-order valence-corrected chi connectivity index (χ2v) is 11.2. The molecule has 1 aliphatic rings. The molecule has 0 radical (unpaired) electrons. The summed E-state index contributed by atoms with van der Waals surface area (Å²) in [4.78, 5) is 36.7. The van der Waals surface area contributed by atoms with E-state index in [1.165, 1.54) is 0 Å². The third kappa shape index (κ3) is 4.82. The molecule has 1 heterocycles. The summed E-state index contributed by atoms with van der Waals surface area (Å²) in [7, 11) is -9.66. The fraction of sp³-hybridized carbons (Fsp3) is 1.00. The number of rotatable bonds is 6. The maximum atomic E-state index is 11.3. The van der Waals surface area contributed by atoms with E-state index in [9.17, 15) is 28.7 Å². The second-order valence-electron chi connectivity index (χ2n) is 5.29. The molecule has 1 aliphatic heterocycles. The first-order valence-corrected chi connectivity index (χ1v) is 11.0. The van der Waals surface area contributed by atoms with Gasteiger partial charge in [0.1, 0.15) is 0 Å². The predicted octanol–water partition coefficient (Wildman–Crippen LogP) is 1.38. The van der Waals surface area contributed by atoms with Crippen LogP contribution in [-0.4, -0.2) is 60.2 Å². The summed E-state index contributed by atoms with van der Waals surface area (Å²) in [6.45, 7) is 7.70. The van der Waals surface area contributed by atoms with Gasteiger partial charge in [0.15, 0.2) is 0 Å². The van der Waals surface area contributed by atoms with Crippen molar-refractivity contribution in [2.24, 2.45) is 0 Å². The van der Waals surface area contributed by atoms with Gasteiger partial charge in [-0.2, -0.15) is 0 Å². The van der Waals surface area contributed by atoms with Gasteiger partial charge in [-0.15, -0.1) is 11.8 Å². The van der Waals surface area contributed by atoms with Crippen molar-refractivity contribution >= 4 is 27.0 Å². The van der Waals surface area contributed by atoms with Crippen LogP contribution < -0.4 is 0 Å². The van der Waals surface area contributed by atoms with Crippen LogP contribution in [0.15, 0.2) is 0 Å². The zero-order chi connectivity index (χ0) is 15.6. The van der Waals surface area contributed by atoms with Crippen molar-refractivity contribution in [2.45, 2.75) is 36.7 Å². The summed E-state index contributed by atoms with van der Waals surface area (Å²) in [6.07, 6.45) is 1.65. The summed E-state index contributed by atoms with van der Waals surface area (Å²) in [5.74, 6) is 0. The van der Waals surface area contributed by atoms with E-state index in [2.05, 4.69) is 13.8 Å². The molecule has 1 saturated heterocycles. The topological polar surface area (TPSA) is 115 Å². The van der Waals surface area contributed by atoms with E-state index in [0.717, 1.165) is 48.7 Å². The summed E-state index contributed by atoms with van der Waals surface area (Å²) >= 11 is 0.771. The first-order chi connectivity index (χ1) is 9.04. The Kier molecular flexibility index (Phi) is 6.34. The van der Waals surface area contributed by atoms with Gasteiger partial charge in [-0.05, 0) is 26.7 Å². The van der Waals surface area contributed by atoms with Crippen LogP contribution in [0.25, 0.3) is 0 Å². The van der Waals surface area contributed by atoms with Crippen LogP contribution >= 0.6 is 27.0 Å². The summed E-state index contributed by atoms with van der Waals surface area (Å²) in [5, 5.41) is -0.131. The van der Waals surface area contributed by atoms with Crippen LogP contribution in [-0.2, 0) is 9.13 Å². The van der Waals surface area contributed by atoms with Crippen LogP contribution in [0.3, 0.4) is 0 Å². The Morgan fingerprint density at radius 1 is 1.15 bits per heavy atom. The number of hydrogen-bond acceptors (Lipinski definition) is 3. The number of hydrogen-bond donors (Lipinski definition) is 4. The first-order valence-electron chi connectivity index (χ1n) is 6.65. The molecular weight excluding hydrogens is 324 g/mol. The van der Waals surface area contributed by atoms with E-state index in [0.29, 0.717) is 6.54 Å². The molecule has 0 aromatic heterocycles. The first kappa shape index (κ1) is 18.7. The molecule has 1 atom stereocenters. The van der Waals surface area contributed by atoms with E-state index < -0.39 is 19.9 Å². The molecule has 1 unspecified atom stereocenters. The molecule has 0 aromatic rings. The molecule has 7 nitrogen and oxygen atoms in total. The van der Waals surface area contributed by atoms with Crippen LogP contribution in [0, 0.1) is 0 Å². The molecular formula is C10H24NO6P2S+. The zero-order valence-electron chi connectivity index (χ0n) is 11.8. The van der Waals surface area contributed by atoms with Gasteiger partial charge in [0, 0.05) is 0 Å². The van der Waals surface area contributed by atoms with Crippen LogP contribution in [0.1, 0.15) is 26.7 Å². The molecule has 0 aliphatic carbocycles. The number of quaternary nitrogens is 1. The van der Waals surface area contributed by atoms with Crippen molar-refractivity contribution in [3.63, 3.8) is 0 Å². The van der Waals surface area contributed by atoms with Crippen LogP contribution in [0.2, 0.25) is 0 Å². The third-order valence-electron chi connectivity index (χ3n) is 3.98. The van der Waals surface area contributed by atoms with Crippen molar-refractivity contribution in [1.82, 2.24) is 0 Å². The molecule has 1 rings (SSSR count). The maximum Gasteiger partial charge on any atom is 0.350 e. The highest BCUT2D eigenvalue weighted by Crippen LogP contribution is 2.65. The quantitative estimate of drug-likeness (QED) is 0.423. The Hall–Kier alpha value is 0.610. The Morgan fingerprint density at radius 3 is 2.05 bits per heavy atom. The molecule has 1 fully saturated rings. The smallest absolute Gasteiger partial charge is 0.323 e. The van der Waals surface area contributed by atoms with Crippen molar-refractivity contribution < 1.29 is 33.2 Å². The number of nitrogens with zero attached hydrogens (tertiary/aromatic N) is 1. The highest BCUT2D eigenvalue weighted by molar-refractivity contribution is 8.12. The van der Waals surface area contributed by atoms with Crippen molar-refractivity contribution in [2.75, 3.05) is 26.2 Å². The van der Waals surface area contributed by atoms with E-state index in [1.54, 1.807) is 0 Å². The lowest BCUT2D eigenvalue weighted by Crippen LogP contribution is -2.55. The average molecular weight is 348 g/mol. The second kappa shape index (κ2) is 6.80. The van der Waals surface area contributed by atoms with Crippen molar-refractivity contribution in [3.8, 4) is 0 Å². The summed E-state index contributed by atoms with van der Waals surface area (Å²) in [5.41, 5.74) is 0. The average Bonchev–Trinajstić information content (AvgIpc) is 2.33. The van der Waals surface area contributed by atoms with Gasteiger partial charge < -0.3 is 24.1 Å². The lowest BCUT2D eigenvalue weighted by molar-refractivity contribution is -0.928. The van der Waals surface area contributed by atoms with Gasteiger partial charge >= 0.3 is 15.2 Å². The Bertz CT molecular complexity index is 396. The third-order valence-corrected chi connectivity index (χ3v) is 10.3. The van der Waals surface area contributed by atoms with E-state index in [-0.39, 0.29) is 5.25 Å². The van der Waals surface area contributed by atoms with E-state index in [1.807, 2.05) is 0 Å². The number of piperidine rings is 1. The summed E-state index contributed by atoms with van der Waals surface area (Å²) < 4.78 is 21.6. The van der Waals surface area contributed by atoms with Gasteiger partial charge in [0.2, 0.25) is 4.73 Å². The molecule has 10 heteroatoms. The zero-order valence-corrected chi connectivity index (χ0v) is 14.4. The van der Waals surface area contributed by atoms with Gasteiger partial charge in [0.05, 0.1) is 31.4 Å². The highest BCUT2D eigenvalue weighted by atomic mass is 32.2. The fourth-order valence-corrected chi connectivity index (χ4v) is 7.62. The van der Waals surface area contributed by atoms with Crippen LogP contribution in [0.5, 0.6) is 0 Å². The van der Waals surface area contributed by atoms with E-state index in [4.69, 9.17) is 0 Å². The minimum atomic E-state index is -4.83. The maximum absolute atomic E-state index is 11.3. The lowest BCUT2D eigenvalue weighted by Gasteiger charge is -2.43. The van der Waals surface area contributed by atoms with Gasteiger partial charge in [-0.1, -0.05) is 0 Å². The monoisotopic (exact) mass is 348 g/mol. The standard InChI is InChI=1S/C10H23NO6P2S/c1-3-11(4-2)7-5-6-9(8-11)20-10(18(12,13)14)19(15,16)17/h9-10H,3-8H2,1-2H3,(H3-,12,13,14,15,16,17)/p+1. The van der Waals surface area contributed by atoms with Gasteiger partial charge in [-0.25, -0.2) is 0 Å². The molecule has 0 amide bonds. The number of likely N-dealkylation sites (tertiary alicyclic amines) is 1. The van der Waals surface area contributed by atoms with Gasteiger partial charge in [-0.3, -0.25) is 9.13 Å². The Morgan fingerprint density at radius 2 is 1.65 bits per heavy atom. The largest absolute Gasteiger partial charge is 0.350 e. The normalized spacial score (nSPS) is 24.1. The Balaban J connectivity index is 2.85. The SMILES string of the molecule is CC[N+]1(CC)CCCC(SC(P(=O)(O)O)P(=O)(O)O)C1. The summed E-state index contributed by atoms with van der Waals surface area (Å²) in [6, 6.07) is 0. The lowest BCUT2D eigenvalue weighted by atomic mass is 10.1. The predicted molar refractivity (Wildman–Crippen MR) is 79.6 cm³/mol. The minimum Gasteiger partial charge on any atom is -0.323 e. The molecule has 0 aromatic carbocycles. The molecule has 120 valence electrons. The van der Waals surface area contributed by atoms with Crippen molar-refractivity contribution in [3.05, 3.63) is 0 Å². The number of thioether (sulfide) groups is 1. The fourth-order valence-electron chi connectivity index (χ4n) is 2.70.